The van der Waals surface area contributed by atoms with Gasteiger partial charge in [-0.05, 0) is 50.5 Å². The number of furan rings is 1. The van der Waals surface area contributed by atoms with Crippen molar-refractivity contribution in [3.63, 3.8) is 0 Å². The number of hydrogen-bond acceptors (Lipinski definition) is 10. The maximum atomic E-state index is 12.4. The van der Waals surface area contributed by atoms with Crippen LogP contribution in [-0.2, 0) is 19.4 Å². The van der Waals surface area contributed by atoms with Crippen molar-refractivity contribution in [3.05, 3.63) is 53.2 Å². The van der Waals surface area contributed by atoms with Gasteiger partial charge in [0.25, 0.3) is 0 Å². The second-order valence-corrected chi connectivity index (χ2v) is 12.1. The van der Waals surface area contributed by atoms with Gasteiger partial charge in [0.05, 0.1) is 6.54 Å². The van der Waals surface area contributed by atoms with Gasteiger partial charge in [-0.25, -0.2) is 8.42 Å². The SMILES string of the molecule is C#C.CCCCN(C)C(=O)CN1CCCCCC1=O.Cc1cc2cc(N/C(N)=C(\C#N)S(=O)(=O)CN(C)/C=C\N)ccc2o1. The molecule has 1 aliphatic heterocycles. The van der Waals surface area contributed by atoms with Gasteiger partial charge in [-0.1, -0.05) is 19.8 Å². The van der Waals surface area contributed by atoms with Crippen LogP contribution < -0.4 is 16.8 Å². The Balaban J connectivity index is 0.000000445. The first-order chi connectivity index (χ1) is 20.9. The van der Waals surface area contributed by atoms with Gasteiger partial charge in [0, 0.05) is 57.1 Å². The minimum atomic E-state index is -3.92. The number of carbonyl (C=O) groups excluding carboxylic acids is 2. The Bertz CT molecular complexity index is 1470. The number of rotatable bonds is 11. The van der Waals surface area contributed by atoms with E-state index < -0.39 is 20.6 Å². The molecule has 1 aliphatic rings. The molecule has 1 saturated heterocycles. The van der Waals surface area contributed by atoms with Crippen molar-refractivity contribution in [2.45, 2.75) is 52.4 Å². The van der Waals surface area contributed by atoms with E-state index in [-0.39, 0.29) is 24.2 Å². The Labute approximate surface area is 261 Å². The molecule has 2 heterocycles. The van der Waals surface area contributed by atoms with Crippen molar-refractivity contribution < 1.29 is 22.4 Å². The number of hydrogen-bond donors (Lipinski definition) is 3. The van der Waals surface area contributed by atoms with E-state index in [1.807, 2.05) is 20.0 Å². The number of benzene rings is 1. The van der Waals surface area contributed by atoms with E-state index >= 15 is 0 Å². The second-order valence-electron chi connectivity index (χ2n) is 10.2. The van der Waals surface area contributed by atoms with Crippen molar-refractivity contribution in [1.82, 2.24) is 14.7 Å². The fourth-order valence-corrected chi connectivity index (χ4v) is 5.57. The fraction of sp³-hybridized carbons (Fsp3) is 0.452. The van der Waals surface area contributed by atoms with Crippen LogP contribution in [0, 0.1) is 31.1 Å². The molecule has 0 aliphatic carbocycles. The molecule has 2 aromatic rings. The number of amides is 2. The number of terminal acetylenes is 1. The number of likely N-dealkylation sites (tertiary alicyclic amines) is 1. The van der Waals surface area contributed by atoms with Crippen LogP contribution in [0.1, 0.15) is 51.2 Å². The number of nitrogens with two attached hydrogens (primary N) is 2. The summed E-state index contributed by atoms with van der Waals surface area (Å²) in [5, 5.41) is 12.8. The summed E-state index contributed by atoms with van der Waals surface area (Å²) in [5.41, 5.74) is 12.3. The summed E-state index contributed by atoms with van der Waals surface area (Å²) in [5.74, 6) is 0.291. The first kappa shape index (κ1) is 37.4. The Morgan fingerprint density at radius 1 is 1.23 bits per heavy atom. The molecule has 13 heteroatoms. The number of nitrogens with zero attached hydrogens (tertiary/aromatic N) is 4. The first-order valence-corrected chi connectivity index (χ1v) is 15.9. The monoisotopic (exact) mass is 627 g/mol. The highest BCUT2D eigenvalue weighted by atomic mass is 32.2. The van der Waals surface area contributed by atoms with Gasteiger partial charge in [-0.15, -0.1) is 12.8 Å². The molecule has 3 rings (SSSR count). The van der Waals surface area contributed by atoms with Crippen molar-refractivity contribution in [2.24, 2.45) is 11.5 Å². The lowest BCUT2D eigenvalue weighted by Crippen LogP contribution is -2.41. The van der Waals surface area contributed by atoms with E-state index in [9.17, 15) is 23.3 Å². The summed E-state index contributed by atoms with van der Waals surface area (Å²) in [6.45, 7) is 5.73. The van der Waals surface area contributed by atoms with Crippen LogP contribution in [0.4, 0.5) is 5.69 Å². The van der Waals surface area contributed by atoms with Crippen molar-refractivity contribution in [2.75, 3.05) is 44.9 Å². The molecule has 2 amide bonds. The number of carbonyl (C=O) groups is 2. The van der Waals surface area contributed by atoms with Gasteiger partial charge >= 0.3 is 0 Å². The van der Waals surface area contributed by atoms with Crippen LogP contribution in [0.5, 0.6) is 0 Å². The van der Waals surface area contributed by atoms with E-state index in [0.29, 0.717) is 17.7 Å². The largest absolute Gasteiger partial charge is 0.461 e. The van der Waals surface area contributed by atoms with Crippen LogP contribution in [0.25, 0.3) is 11.0 Å². The Morgan fingerprint density at radius 2 is 1.93 bits per heavy atom. The molecule has 44 heavy (non-hydrogen) atoms. The van der Waals surface area contributed by atoms with E-state index in [2.05, 4.69) is 25.1 Å². The third-order valence-corrected chi connectivity index (χ3v) is 8.24. The molecular weight excluding hydrogens is 582 g/mol. The minimum Gasteiger partial charge on any atom is -0.461 e. The quantitative estimate of drug-likeness (QED) is 0.247. The van der Waals surface area contributed by atoms with Gasteiger partial charge in [0.1, 0.15) is 29.1 Å². The third kappa shape index (κ3) is 11.9. The van der Waals surface area contributed by atoms with E-state index in [4.69, 9.17) is 15.9 Å². The molecule has 240 valence electrons. The molecule has 5 N–H and O–H groups in total. The second kappa shape index (κ2) is 18.8. The maximum absolute atomic E-state index is 12.4. The van der Waals surface area contributed by atoms with Crippen LogP contribution in [-0.4, -0.2) is 74.5 Å². The Morgan fingerprint density at radius 3 is 2.57 bits per heavy atom. The predicted octanol–water partition coefficient (Wildman–Crippen LogP) is 3.44. The summed E-state index contributed by atoms with van der Waals surface area (Å²) >= 11 is 0. The smallest absolute Gasteiger partial charge is 0.241 e. The number of likely N-dealkylation sites (N-methyl/N-ethyl adjacent to an activating group) is 1. The number of nitrogens with one attached hydrogen (secondary N) is 1. The number of unbranched alkanes of at least 4 members (excludes halogenated alkanes) is 1. The first-order valence-electron chi connectivity index (χ1n) is 14.2. The lowest BCUT2D eigenvalue weighted by atomic mass is 10.2. The molecule has 0 atom stereocenters. The zero-order valence-electron chi connectivity index (χ0n) is 26.1. The standard InChI is InChI=1S/C16H19N5O3S.C13H24N2O2.C2H2/c1-11-7-12-8-13(3-4-14(12)24-11)20-16(19)15(9-18)25(22,23)10-21(2)6-5-17;1-3-4-9-14(2)13(17)11-15-10-7-5-6-8-12(15)16;1-2/h3-8,20H,10,17,19H2,1-2H3;3-11H2,1-2H3;1-2H/b6-5-,16-15+;;. The number of aryl methyl sites for hydroxylation is 1. The molecule has 0 unspecified atom stereocenters. The van der Waals surface area contributed by atoms with Gasteiger partial charge in [-0.2, -0.15) is 5.26 Å². The molecule has 1 aromatic heterocycles. The average molecular weight is 628 g/mol. The molecule has 0 saturated carbocycles. The predicted molar refractivity (Wildman–Crippen MR) is 174 cm³/mol. The van der Waals surface area contributed by atoms with Crippen LogP contribution in [0.15, 0.2) is 51.8 Å². The van der Waals surface area contributed by atoms with Crippen LogP contribution >= 0.6 is 0 Å². The van der Waals surface area contributed by atoms with Crippen molar-refractivity contribution in [1.29, 1.82) is 5.26 Å². The van der Waals surface area contributed by atoms with Crippen LogP contribution in [0.3, 0.4) is 0 Å². The number of allylic oxidation sites excluding steroid dienone is 1. The van der Waals surface area contributed by atoms with E-state index in [1.165, 1.54) is 24.3 Å². The van der Waals surface area contributed by atoms with Crippen molar-refractivity contribution in [3.8, 4) is 18.9 Å². The Kier molecular flexibility index (Phi) is 16.0. The molecule has 1 fully saturated rings. The molecule has 1 aromatic carbocycles. The number of nitriles is 1. The highest BCUT2D eigenvalue weighted by Gasteiger charge is 2.23. The zero-order valence-corrected chi connectivity index (χ0v) is 26.9. The van der Waals surface area contributed by atoms with Gasteiger partial charge < -0.3 is 35.9 Å². The average Bonchev–Trinajstić information content (AvgIpc) is 3.23. The van der Waals surface area contributed by atoms with Crippen LogP contribution in [0.2, 0.25) is 0 Å². The Hall–Kier alpha value is -4.62. The summed E-state index contributed by atoms with van der Waals surface area (Å²) in [4.78, 5) is 27.9. The third-order valence-electron chi connectivity index (χ3n) is 6.56. The van der Waals surface area contributed by atoms with Gasteiger partial charge in [0.15, 0.2) is 4.91 Å². The number of fused-ring (bicyclic) bond motifs is 1. The zero-order chi connectivity index (χ0) is 33.3. The minimum absolute atomic E-state index is 0.0636. The molecule has 12 nitrogen and oxygen atoms in total. The summed E-state index contributed by atoms with van der Waals surface area (Å²) < 4.78 is 30.2. The molecule has 0 radical (unpaired) electrons. The normalized spacial score (nSPS) is 13.8. The topological polar surface area (TPSA) is 179 Å². The van der Waals surface area contributed by atoms with Gasteiger partial charge in [0.2, 0.25) is 21.7 Å². The fourth-order valence-electron chi connectivity index (χ4n) is 4.30. The van der Waals surface area contributed by atoms with E-state index in [1.54, 1.807) is 34.1 Å². The lowest BCUT2D eigenvalue weighted by Gasteiger charge is -2.24. The number of sulfone groups is 1. The summed E-state index contributed by atoms with van der Waals surface area (Å²) in [6.07, 6.45) is 16.4. The summed E-state index contributed by atoms with van der Waals surface area (Å²) in [6, 6.07) is 8.67. The number of anilines is 1. The molecule has 0 spiro atoms. The highest BCUT2D eigenvalue weighted by Crippen LogP contribution is 2.24. The molecule has 0 bridgehead atoms. The lowest BCUT2D eigenvalue weighted by molar-refractivity contribution is -0.139. The summed E-state index contributed by atoms with van der Waals surface area (Å²) in [7, 11) is -0.578. The van der Waals surface area contributed by atoms with Crippen molar-refractivity contribution >= 4 is 38.3 Å². The van der Waals surface area contributed by atoms with E-state index in [0.717, 1.165) is 56.3 Å². The highest BCUT2D eigenvalue weighted by molar-refractivity contribution is 7.95. The van der Waals surface area contributed by atoms with Gasteiger partial charge in [-0.3, -0.25) is 9.59 Å². The maximum Gasteiger partial charge on any atom is 0.241 e. The molecular formula is C31H45N7O5S.